The van der Waals surface area contributed by atoms with Gasteiger partial charge in [0, 0.05) is 18.3 Å². The van der Waals surface area contributed by atoms with Gasteiger partial charge in [-0.3, -0.25) is 0 Å². The van der Waals surface area contributed by atoms with Gasteiger partial charge in [-0.2, -0.15) is 0 Å². The molecule has 0 aliphatic carbocycles. The van der Waals surface area contributed by atoms with Gasteiger partial charge in [-0.15, -0.1) is 0 Å². The summed E-state index contributed by atoms with van der Waals surface area (Å²) in [5, 5.41) is 5.77. The number of benzene rings is 2. The number of nitrogens with one attached hydrogen (secondary N) is 2. The molecule has 0 radical (unpaired) electrons. The lowest BCUT2D eigenvalue weighted by atomic mass is 10.0. The number of fused-ring (bicyclic) bond motifs is 1. The van der Waals surface area contributed by atoms with Crippen molar-refractivity contribution in [1.29, 1.82) is 0 Å². The predicted molar refractivity (Wildman–Crippen MR) is 107 cm³/mol. The van der Waals surface area contributed by atoms with Crippen LogP contribution in [-0.2, 0) is 16.0 Å². The minimum Gasteiger partial charge on any atom is -0.465 e. The number of carbonyl (C=O) groups is 2. The molecule has 1 unspecified atom stereocenters. The highest BCUT2D eigenvalue weighted by Crippen LogP contribution is 2.23. The van der Waals surface area contributed by atoms with Crippen LogP contribution in [0, 0.1) is 6.92 Å². The van der Waals surface area contributed by atoms with Gasteiger partial charge < -0.3 is 19.8 Å². The molecule has 3 aromatic rings. The quantitative estimate of drug-likeness (QED) is 0.634. The first-order valence-corrected chi connectivity index (χ1v) is 9.06. The first kappa shape index (κ1) is 19.6. The second kappa shape index (κ2) is 8.27. The Hall–Kier alpha value is -3.12. The number of esters is 2. The Kier molecular flexibility index (Phi) is 5.80. The summed E-state index contributed by atoms with van der Waals surface area (Å²) in [7, 11) is 2.63. The van der Waals surface area contributed by atoms with Gasteiger partial charge in [0.1, 0.15) is 5.69 Å². The molecule has 2 aromatic carbocycles. The van der Waals surface area contributed by atoms with E-state index in [1.807, 2.05) is 12.1 Å². The van der Waals surface area contributed by atoms with E-state index in [-0.39, 0.29) is 11.7 Å². The molecule has 6 nitrogen and oxygen atoms in total. The van der Waals surface area contributed by atoms with E-state index in [4.69, 9.17) is 9.47 Å². The zero-order chi connectivity index (χ0) is 20.3. The van der Waals surface area contributed by atoms with Crippen molar-refractivity contribution in [3.63, 3.8) is 0 Å². The van der Waals surface area contributed by atoms with Gasteiger partial charge in [0.25, 0.3) is 0 Å². The van der Waals surface area contributed by atoms with Gasteiger partial charge in [0.15, 0.2) is 0 Å². The average Bonchev–Trinajstić information content (AvgIpc) is 3.06. The van der Waals surface area contributed by atoms with Gasteiger partial charge in [0.2, 0.25) is 0 Å². The summed E-state index contributed by atoms with van der Waals surface area (Å²) in [4.78, 5) is 27.2. The highest BCUT2D eigenvalue weighted by Gasteiger charge is 2.25. The Morgan fingerprint density at radius 1 is 1.04 bits per heavy atom. The number of H-pyrrole nitrogens is 1. The van der Waals surface area contributed by atoms with Crippen LogP contribution in [-0.4, -0.2) is 31.1 Å². The van der Waals surface area contributed by atoms with Crippen LogP contribution in [0.2, 0.25) is 0 Å². The van der Waals surface area contributed by atoms with Crippen molar-refractivity contribution < 1.29 is 19.1 Å². The van der Waals surface area contributed by atoms with Crippen LogP contribution >= 0.6 is 0 Å². The monoisotopic (exact) mass is 380 g/mol. The first-order chi connectivity index (χ1) is 13.5. The van der Waals surface area contributed by atoms with Crippen LogP contribution in [0.4, 0.5) is 0 Å². The van der Waals surface area contributed by atoms with Gasteiger partial charge in [-0.25, -0.2) is 9.59 Å². The molecule has 0 saturated carbocycles. The topological polar surface area (TPSA) is 80.4 Å². The fourth-order valence-electron chi connectivity index (χ4n) is 3.33. The Morgan fingerprint density at radius 2 is 1.71 bits per heavy atom. The lowest BCUT2D eigenvalue weighted by Gasteiger charge is -2.15. The van der Waals surface area contributed by atoms with Crippen molar-refractivity contribution in [2.24, 2.45) is 0 Å². The van der Waals surface area contributed by atoms with E-state index in [2.05, 4.69) is 47.6 Å². The van der Waals surface area contributed by atoms with Gasteiger partial charge in [-0.1, -0.05) is 36.4 Å². The predicted octanol–water partition coefficient (Wildman–Crippen LogP) is 3.90. The molecule has 0 spiro atoms. The Bertz CT molecular complexity index is 1020. The molecule has 0 amide bonds. The summed E-state index contributed by atoms with van der Waals surface area (Å²) in [5.41, 5.74) is 2.88. The number of ether oxygens (including phenoxy) is 2. The number of rotatable bonds is 6. The van der Waals surface area contributed by atoms with Crippen LogP contribution in [0.3, 0.4) is 0 Å². The Balaban J connectivity index is 1.84. The summed E-state index contributed by atoms with van der Waals surface area (Å²) >= 11 is 0. The Labute approximate surface area is 163 Å². The summed E-state index contributed by atoms with van der Waals surface area (Å²) in [6, 6.07) is 14.6. The molecule has 0 aliphatic rings. The van der Waals surface area contributed by atoms with Crippen molar-refractivity contribution >= 4 is 22.7 Å². The van der Waals surface area contributed by atoms with E-state index in [0.29, 0.717) is 23.4 Å². The molecule has 1 atom stereocenters. The minimum absolute atomic E-state index is 0.0419. The maximum atomic E-state index is 12.2. The van der Waals surface area contributed by atoms with Crippen molar-refractivity contribution in [3.8, 4) is 0 Å². The largest absolute Gasteiger partial charge is 0.465 e. The third-order valence-electron chi connectivity index (χ3n) is 4.97. The zero-order valence-electron chi connectivity index (χ0n) is 16.5. The van der Waals surface area contributed by atoms with E-state index in [1.54, 1.807) is 6.92 Å². The molecule has 0 saturated heterocycles. The van der Waals surface area contributed by atoms with Crippen LogP contribution in [0.1, 0.15) is 50.6 Å². The number of aromatic nitrogens is 1. The van der Waals surface area contributed by atoms with Crippen molar-refractivity contribution in [2.45, 2.75) is 26.4 Å². The van der Waals surface area contributed by atoms with E-state index in [1.165, 1.54) is 25.0 Å². The summed E-state index contributed by atoms with van der Waals surface area (Å²) < 4.78 is 9.68. The number of carbonyl (C=O) groups excluding carboxylic acids is 2. The highest BCUT2D eigenvalue weighted by molar-refractivity contribution is 5.98. The van der Waals surface area contributed by atoms with Crippen LogP contribution in [0.25, 0.3) is 10.8 Å². The standard InChI is InChI=1S/C22H24N2O4/c1-13-19(21(25)27-3)18(24-20(13)22(26)28-4)12-23-14(2)16-10-9-15-7-5-6-8-17(15)11-16/h5-11,14,23-24H,12H2,1-4H3. The van der Waals surface area contributed by atoms with Gasteiger partial charge in [0.05, 0.1) is 19.8 Å². The summed E-state index contributed by atoms with van der Waals surface area (Å²) in [6.45, 7) is 4.13. The molecule has 146 valence electrons. The average molecular weight is 380 g/mol. The van der Waals surface area contributed by atoms with Gasteiger partial charge in [-0.05, 0) is 41.8 Å². The smallest absolute Gasteiger partial charge is 0.354 e. The van der Waals surface area contributed by atoms with E-state index < -0.39 is 11.9 Å². The van der Waals surface area contributed by atoms with E-state index >= 15 is 0 Å². The molecular weight excluding hydrogens is 356 g/mol. The second-order valence-electron chi connectivity index (χ2n) is 6.67. The normalized spacial score (nSPS) is 12.0. The second-order valence-corrected chi connectivity index (χ2v) is 6.67. The number of hydrogen-bond donors (Lipinski definition) is 2. The molecule has 0 aliphatic heterocycles. The lowest BCUT2D eigenvalue weighted by Crippen LogP contribution is -2.20. The summed E-state index contributed by atoms with van der Waals surface area (Å²) in [5.74, 6) is -1.00. The van der Waals surface area contributed by atoms with E-state index in [9.17, 15) is 9.59 Å². The maximum Gasteiger partial charge on any atom is 0.354 e. The molecule has 1 heterocycles. The molecule has 28 heavy (non-hydrogen) atoms. The fraction of sp³-hybridized carbons (Fsp3) is 0.273. The highest BCUT2D eigenvalue weighted by atomic mass is 16.5. The SMILES string of the molecule is COC(=O)c1[nH]c(CNC(C)c2ccc3ccccc3c2)c(C(=O)OC)c1C. The van der Waals surface area contributed by atoms with Crippen LogP contribution < -0.4 is 5.32 Å². The molecule has 0 fully saturated rings. The molecule has 2 N–H and O–H groups in total. The Morgan fingerprint density at radius 3 is 2.39 bits per heavy atom. The maximum absolute atomic E-state index is 12.2. The fourth-order valence-corrected chi connectivity index (χ4v) is 3.33. The summed E-state index contributed by atoms with van der Waals surface area (Å²) in [6.07, 6.45) is 0. The zero-order valence-corrected chi connectivity index (χ0v) is 16.5. The van der Waals surface area contributed by atoms with Crippen molar-refractivity contribution in [1.82, 2.24) is 10.3 Å². The number of hydrogen-bond acceptors (Lipinski definition) is 5. The number of aromatic amines is 1. The third-order valence-corrected chi connectivity index (χ3v) is 4.97. The molecular formula is C22H24N2O4. The molecule has 6 heteroatoms. The first-order valence-electron chi connectivity index (χ1n) is 9.06. The molecule has 1 aromatic heterocycles. The lowest BCUT2D eigenvalue weighted by molar-refractivity contribution is 0.0592. The number of methoxy groups -OCH3 is 2. The van der Waals surface area contributed by atoms with Gasteiger partial charge >= 0.3 is 11.9 Å². The molecule has 0 bridgehead atoms. The third kappa shape index (κ3) is 3.77. The van der Waals surface area contributed by atoms with Crippen LogP contribution in [0.15, 0.2) is 42.5 Å². The van der Waals surface area contributed by atoms with Crippen molar-refractivity contribution in [3.05, 3.63) is 70.5 Å². The minimum atomic E-state index is -0.517. The van der Waals surface area contributed by atoms with Crippen molar-refractivity contribution in [2.75, 3.05) is 14.2 Å². The van der Waals surface area contributed by atoms with E-state index in [0.717, 1.165) is 5.56 Å². The molecule has 3 rings (SSSR count). The van der Waals surface area contributed by atoms with Crippen LogP contribution in [0.5, 0.6) is 0 Å².